The van der Waals surface area contributed by atoms with Gasteiger partial charge in [0, 0.05) is 0 Å². The van der Waals surface area contributed by atoms with Crippen LogP contribution in [0.1, 0.15) is 12.8 Å². The molecule has 0 saturated heterocycles. The minimum absolute atomic E-state index is 0.0422. The van der Waals surface area contributed by atoms with E-state index in [9.17, 15) is 10.1 Å². The van der Waals surface area contributed by atoms with E-state index in [1.54, 1.807) is 0 Å². The van der Waals surface area contributed by atoms with Gasteiger partial charge in [0.05, 0.1) is 11.5 Å². The molecule has 1 saturated carbocycles. The van der Waals surface area contributed by atoms with Crippen LogP contribution in [0.5, 0.6) is 5.88 Å². The van der Waals surface area contributed by atoms with Gasteiger partial charge >= 0.3 is 5.69 Å². The molecule has 0 spiro atoms. The lowest BCUT2D eigenvalue weighted by Gasteiger charge is -2.04. The number of ether oxygens (including phenoxy) is 1. The summed E-state index contributed by atoms with van der Waals surface area (Å²) in [7, 11) is 0. The zero-order valence-corrected chi connectivity index (χ0v) is 7.92. The van der Waals surface area contributed by atoms with Gasteiger partial charge < -0.3 is 10.5 Å². The Bertz CT molecular complexity index is 391. The van der Waals surface area contributed by atoms with Gasteiger partial charge in [-0.1, -0.05) is 0 Å². The average molecular weight is 210 g/mol. The lowest BCUT2D eigenvalue weighted by molar-refractivity contribution is -0.385. The molecule has 0 atom stereocenters. The molecule has 80 valence electrons. The quantitative estimate of drug-likeness (QED) is 0.581. The lowest BCUT2D eigenvalue weighted by Crippen LogP contribution is -2.07. The Morgan fingerprint density at radius 1 is 1.60 bits per heavy atom. The van der Waals surface area contributed by atoms with Crippen molar-refractivity contribution in [2.45, 2.75) is 12.8 Å². The Labute approximate surface area is 85.4 Å². The number of nitrogen functional groups attached to an aromatic ring is 1. The Hall–Kier alpha value is -1.92. The summed E-state index contributed by atoms with van der Waals surface area (Å²) in [5.41, 5.74) is 5.02. The molecule has 0 amide bonds. The maximum Gasteiger partial charge on any atom is 0.372 e. The van der Waals surface area contributed by atoms with E-state index in [-0.39, 0.29) is 17.4 Å². The summed E-state index contributed by atoms with van der Waals surface area (Å²) in [5, 5.41) is 10.7. The highest BCUT2D eigenvalue weighted by Gasteiger charge is 2.26. The molecular weight excluding hydrogens is 200 g/mol. The fraction of sp³-hybridized carbons (Fsp3) is 0.500. The van der Waals surface area contributed by atoms with Crippen LogP contribution in [0.4, 0.5) is 11.5 Å². The van der Waals surface area contributed by atoms with E-state index in [0.717, 1.165) is 19.2 Å². The average Bonchev–Trinajstić information content (AvgIpc) is 2.97. The third-order valence-corrected chi connectivity index (χ3v) is 2.15. The predicted molar refractivity (Wildman–Crippen MR) is 51.3 cm³/mol. The van der Waals surface area contributed by atoms with Gasteiger partial charge in [-0.25, -0.2) is 4.98 Å². The Balaban J connectivity index is 2.19. The van der Waals surface area contributed by atoms with Crippen molar-refractivity contribution in [1.82, 2.24) is 9.97 Å². The second-order valence-corrected chi connectivity index (χ2v) is 3.42. The van der Waals surface area contributed by atoms with Gasteiger partial charge in [-0.05, 0) is 18.8 Å². The molecule has 0 unspecified atom stereocenters. The molecule has 1 fully saturated rings. The number of nitrogens with two attached hydrogens (primary N) is 1. The zero-order valence-electron chi connectivity index (χ0n) is 7.92. The number of rotatable bonds is 4. The fourth-order valence-electron chi connectivity index (χ4n) is 1.13. The van der Waals surface area contributed by atoms with Crippen molar-refractivity contribution in [2.75, 3.05) is 12.3 Å². The SMILES string of the molecule is Nc1ncnc(OCC2CC2)c1[N+](=O)[O-]. The van der Waals surface area contributed by atoms with Gasteiger partial charge in [-0.2, -0.15) is 4.98 Å². The van der Waals surface area contributed by atoms with Gasteiger partial charge in [-0.15, -0.1) is 0 Å². The van der Waals surface area contributed by atoms with Crippen LogP contribution in [0, 0.1) is 16.0 Å². The topological polar surface area (TPSA) is 104 Å². The standard InChI is InChI=1S/C8H10N4O3/c9-7-6(12(13)14)8(11-4-10-7)15-3-5-1-2-5/h4-5H,1-3H2,(H2,9,10,11). The van der Waals surface area contributed by atoms with Crippen LogP contribution < -0.4 is 10.5 Å². The summed E-state index contributed by atoms with van der Waals surface area (Å²) >= 11 is 0. The highest BCUT2D eigenvalue weighted by molar-refractivity contribution is 5.57. The maximum atomic E-state index is 10.7. The summed E-state index contributed by atoms with van der Waals surface area (Å²) in [6.45, 7) is 0.456. The number of nitrogens with zero attached hydrogens (tertiary/aromatic N) is 3. The van der Waals surface area contributed by atoms with E-state index in [0.29, 0.717) is 12.5 Å². The first-order chi connectivity index (χ1) is 7.18. The lowest BCUT2D eigenvalue weighted by atomic mass is 10.4. The molecule has 2 rings (SSSR count). The van der Waals surface area contributed by atoms with Gasteiger partial charge in [0.15, 0.2) is 0 Å². The number of nitro groups is 1. The van der Waals surface area contributed by atoms with Crippen molar-refractivity contribution in [3.05, 3.63) is 16.4 Å². The molecule has 7 nitrogen and oxygen atoms in total. The predicted octanol–water partition coefficient (Wildman–Crippen LogP) is 0.756. The molecule has 0 radical (unpaired) electrons. The highest BCUT2D eigenvalue weighted by atomic mass is 16.6. The van der Waals surface area contributed by atoms with E-state index in [1.807, 2.05) is 0 Å². The van der Waals surface area contributed by atoms with Gasteiger partial charge in [-0.3, -0.25) is 10.1 Å². The van der Waals surface area contributed by atoms with Gasteiger partial charge in [0.25, 0.3) is 5.88 Å². The van der Waals surface area contributed by atoms with Crippen molar-refractivity contribution in [1.29, 1.82) is 0 Å². The minimum atomic E-state index is -0.627. The molecule has 2 N–H and O–H groups in total. The van der Waals surface area contributed by atoms with Crippen LogP contribution in [-0.2, 0) is 0 Å². The van der Waals surface area contributed by atoms with Crippen LogP contribution in [-0.4, -0.2) is 21.5 Å². The first kappa shape index (κ1) is 9.63. The van der Waals surface area contributed by atoms with Crippen molar-refractivity contribution in [2.24, 2.45) is 5.92 Å². The van der Waals surface area contributed by atoms with Crippen molar-refractivity contribution < 1.29 is 9.66 Å². The molecular formula is C8H10N4O3. The molecule has 0 aromatic carbocycles. The first-order valence-corrected chi connectivity index (χ1v) is 4.56. The van der Waals surface area contributed by atoms with E-state index >= 15 is 0 Å². The van der Waals surface area contributed by atoms with E-state index < -0.39 is 4.92 Å². The molecule has 0 aliphatic heterocycles. The third-order valence-electron chi connectivity index (χ3n) is 2.15. The number of aromatic nitrogens is 2. The molecule has 1 heterocycles. The second kappa shape index (κ2) is 3.68. The number of hydrogen-bond acceptors (Lipinski definition) is 6. The molecule has 1 aromatic rings. The molecule has 1 aromatic heterocycles. The monoisotopic (exact) mass is 210 g/mol. The van der Waals surface area contributed by atoms with Gasteiger partial charge in [0.2, 0.25) is 5.82 Å². The van der Waals surface area contributed by atoms with Crippen LogP contribution >= 0.6 is 0 Å². The normalized spacial score (nSPS) is 14.9. The molecule has 0 bridgehead atoms. The summed E-state index contributed by atoms with van der Waals surface area (Å²) in [6.07, 6.45) is 3.37. The number of anilines is 1. The minimum Gasteiger partial charge on any atom is -0.472 e. The van der Waals surface area contributed by atoms with Crippen molar-refractivity contribution >= 4 is 11.5 Å². The molecule has 7 heteroatoms. The summed E-state index contributed by atoms with van der Waals surface area (Å²) in [4.78, 5) is 17.3. The number of hydrogen-bond donors (Lipinski definition) is 1. The summed E-state index contributed by atoms with van der Waals surface area (Å²) in [5.74, 6) is 0.293. The van der Waals surface area contributed by atoms with Crippen molar-refractivity contribution in [3.8, 4) is 5.88 Å². The van der Waals surface area contributed by atoms with Crippen LogP contribution in [0.3, 0.4) is 0 Å². The second-order valence-electron chi connectivity index (χ2n) is 3.42. The first-order valence-electron chi connectivity index (χ1n) is 4.56. The molecule has 1 aliphatic carbocycles. The summed E-state index contributed by atoms with van der Waals surface area (Å²) in [6, 6.07) is 0. The largest absolute Gasteiger partial charge is 0.472 e. The van der Waals surface area contributed by atoms with Crippen LogP contribution in [0.25, 0.3) is 0 Å². The third kappa shape index (κ3) is 2.12. The van der Waals surface area contributed by atoms with Crippen molar-refractivity contribution in [3.63, 3.8) is 0 Å². The maximum absolute atomic E-state index is 10.7. The van der Waals surface area contributed by atoms with Crippen LogP contribution in [0.15, 0.2) is 6.33 Å². The molecule has 1 aliphatic rings. The zero-order chi connectivity index (χ0) is 10.8. The van der Waals surface area contributed by atoms with Crippen LogP contribution in [0.2, 0.25) is 0 Å². The highest BCUT2D eigenvalue weighted by Crippen LogP contribution is 2.32. The smallest absolute Gasteiger partial charge is 0.372 e. The summed E-state index contributed by atoms with van der Waals surface area (Å²) < 4.78 is 5.23. The fourth-order valence-corrected chi connectivity index (χ4v) is 1.13. The Morgan fingerprint density at radius 2 is 2.33 bits per heavy atom. The van der Waals surface area contributed by atoms with E-state index in [1.165, 1.54) is 0 Å². The molecule has 15 heavy (non-hydrogen) atoms. The van der Waals surface area contributed by atoms with Gasteiger partial charge in [0.1, 0.15) is 6.33 Å². The Kier molecular flexibility index (Phi) is 2.36. The van der Waals surface area contributed by atoms with E-state index in [4.69, 9.17) is 10.5 Å². The Morgan fingerprint density at radius 3 is 2.93 bits per heavy atom. The van der Waals surface area contributed by atoms with E-state index in [2.05, 4.69) is 9.97 Å².